The first-order valence-corrected chi connectivity index (χ1v) is 11.4. The Kier molecular flexibility index (Phi) is 5.06. The molecule has 1 aliphatic carbocycles. The maximum atomic E-state index is 5.92. The predicted molar refractivity (Wildman–Crippen MR) is 117 cm³/mol. The highest BCUT2D eigenvalue weighted by atomic mass is 16.5. The molecule has 4 heterocycles. The first-order valence-electron chi connectivity index (χ1n) is 11.4. The van der Waals surface area contributed by atoms with Gasteiger partial charge in [0.1, 0.15) is 11.5 Å². The van der Waals surface area contributed by atoms with Gasteiger partial charge in [-0.15, -0.1) is 10.2 Å². The quantitative estimate of drug-likeness (QED) is 0.834. The molecule has 0 bridgehead atoms. The average Bonchev–Trinajstić information content (AvgIpc) is 3.35. The first kappa shape index (κ1) is 19.9. The Morgan fingerprint density at radius 2 is 1.90 bits per heavy atom. The molecule has 30 heavy (non-hydrogen) atoms. The summed E-state index contributed by atoms with van der Waals surface area (Å²) in [5.74, 6) is 2.49. The Labute approximate surface area is 179 Å². The van der Waals surface area contributed by atoms with Gasteiger partial charge in [0.25, 0.3) is 0 Å². The lowest BCUT2D eigenvalue weighted by Gasteiger charge is -2.40. The molecular formula is C23H34N6O. The van der Waals surface area contributed by atoms with Gasteiger partial charge < -0.3 is 10.1 Å². The summed E-state index contributed by atoms with van der Waals surface area (Å²) in [7, 11) is 1.94. The van der Waals surface area contributed by atoms with Gasteiger partial charge in [-0.3, -0.25) is 9.58 Å². The fourth-order valence-electron chi connectivity index (χ4n) is 5.92. The second-order valence-electron chi connectivity index (χ2n) is 10.1. The lowest BCUT2D eigenvalue weighted by Crippen LogP contribution is -2.45. The number of likely N-dealkylation sites (tertiary alicyclic amines) is 1. The van der Waals surface area contributed by atoms with E-state index >= 15 is 0 Å². The molecule has 3 fully saturated rings. The van der Waals surface area contributed by atoms with E-state index in [-0.39, 0.29) is 5.60 Å². The van der Waals surface area contributed by atoms with Gasteiger partial charge in [-0.2, -0.15) is 5.10 Å². The topological polar surface area (TPSA) is 68.1 Å². The van der Waals surface area contributed by atoms with E-state index in [1.54, 1.807) is 0 Å². The van der Waals surface area contributed by atoms with Crippen LogP contribution in [0.25, 0.3) is 11.4 Å². The minimum absolute atomic E-state index is 0.0313. The third-order valence-corrected chi connectivity index (χ3v) is 7.35. The number of aryl methyl sites for hydroxylation is 2. The molecule has 7 heteroatoms. The molecule has 2 saturated heterocycles. The Morgan fingerprint density at radius 3 is 2.50 bits per heavy atom. The van der Waals surface area contributed by atoms with Crippen molar-refractivity contribution < 1.29 is 4.74 Å². The van der Waals surface area contributed by atoms with E-state index in [1.807, 2.05) is 24.0 Å². The number of ether oxygens (including phenoxy) is 1. The Balaban J connectivity index is 1.17. The van der Waals surface area contributed by atoms with Gasteiger partial charge in [0.15, 0.2) is 0 Å². The normalized spacial score (nSPS) is 31.1. The SMILES string of the molecule is Cc1cnn(C)c1-c1ccc(NC2CC3CN(C4CCOC(C)(C)C4)CC3C2)nn1. The number of hydrogen-bond donors (Lipinski definition) is 1. The van der Waals surface area contributed by atoms with Crippen molar-refractivity contribution in [1.82, 2.24) is 24.9 Å². The van der Waals surface area contributed by atoms with E-state index in [2.05, 4.69) is 52.4 Å². The maximum absolute atomic E-state index is 5.92. The number of rotatable bonds is 4. The summed E-state index contributed by atoms with van der Waals surface area (Å²) in [6.45, 7) is 9.91. The minimum atomic E-state index is 0.0313. The van der Waals surface area contributed by atoms with Gasteiger partial charge in [0.2, 0.25) is 0 Å². The Hall–Kier alpha value is -1.99. The van der Waals surface area contributed by atoms with Crippen LogP contribution in [0, 0.1) is 18.8 Å². The molecule has 0 spiro atoms. The Bertz CT molecular complexity index is 858. The largest absolute Gasteiger partial charge is 0.375 e. The standard InChI is InChI=1S/C23H34N6O/c1-15-12-24-28(4)22(15)20-5-6-21(27-26-20)25-18-9-16-13-29(14-17(16)10-18)19-7-8-30-23(2,3)11-19/h5-6,12,16-19H,7-11,13-14H2,1-4H3,(H,25,27). The number of anilines is 1. The number of hydrogen-bond acceptors (Lipinski definition) is 6. The van der Waals surface area contributed by atoms with Gasteiger partial charge in [-0.1, -0.05) is 0 Å². The van der Waals surface area contributed by atoms with Gasteiger partial charge in [-0.25, -0.2) is 0 Å². The highest BCUT2D eigenvalue weighted by Crippen LogP contribution is 2.41. The smallest absolute Gasteiger partial charge is 0.148 e. The van der Waals surface area contributed by atoms with E-state index in [9.17, 15) is 0 Å². The van der Waals surface area contributed by atoms with Crippen molar-refractivity contribution in [3.8, 4) is 11.4 Å². The third-order valence-electron chi connectivity index (χ3n) is 7.35. The molecule has 1 saturated carbocycles. The molecule has 3 atom stereocenters. The zero-order chi connectivity index (χ0) is 20.9. The monoisotopic (exact) mass is 410 g/mol. The summed E-state index contributed by atoms with van der Waals surface area (Å²) >= 11 is 0. The van der Waals surface area contributed by atoms with Crippen LogP contribution in [-0.2, 0) is 11.8 Å². The lowest BCUT2D eigenvalue weighted by molar-refractivity contribution is -0.0811. The molecule has 2 aliphatic heterocycles. The molecule has 3 aliphatic rings. The number of nitrogens with zero attached hydrogens (tertiary/aromatic N) is 5. The van der Waals surface area contributed by atoms with Crippen molar-refractivity contribution >= 4 is 5.82 Å². The second-order valence-corrected chi connectivity index (χ2v) is 10.1. The zero-order valence-corrected chi connectivity index (χ0v) is 18.6. The first-order chi connectivity index (χ1) is 14.4. The van der Waals surface area contributed by atoms with Gasteiger partial charge >= 0.3 is 0 Å². The van der Waals surface area contributed by atoms with Crippen molar-refractivity contribution in [3.05, 3.63) is 23.9 Å². The summed E-state index contributed by atoms with van der Waals surface area (Å²) in [4.78, 5) is 2.75. The Morgan fingerprint density at radius 1 is 1.13 bits per heavy atom. The molecule has 2 aromatic heterocycles. The minimum Gasteiger partial charge on any atom is -0.375 e. The number of fused-ring (bicyclic) bond motifs is 1. The zero-order valence-electron chi connectivity index (χ0n) is 18.6. The van der Waals surface area contributed by atoms with Crippen molar-refractivity contribution in [2.24, 2.45) is 18.9 Å². The van der Waals surface area contributed by atoms with Crippen LogP contribution in [0.3, 0.4) is 0 Å². The molecule has 0 amide bonds. The summed E-state index contributed by atoms with van der Waals surface area (Å²) in [5, 5.41) is 16.8. The molecule has 1 N–H and O–H groups in total. The second kappa shape index (κ2) is 7.61. The fourth-order valence-corrected chi connectivity index (χ4v) is 5.92. The van der Waals surface area contributed by atoms with Crippen LogP contribution in [0.5, 0.6) is 0 Å². The van der Waals surface area contributed by atoms with Crippen molar-refractivity contribution in [3.63, 3.8) is 0 Å². The van der Waals surface area contributed by atoms with Crippen LogP contribution >= 0.6 is 0 Å². The van der Waals surface area contributed by atoms with E-state index in [1.165, 1.54) is 32.4 Å². The lowest BCUT2D eigenvalue weighted by atomic mass is 9.93. The highest BCUT2D eigenvalue weighted by molar-refractivity contribution is 5.59. The molecule has 5 rings (SSSR count). The molecule has 162 valence electrons. The molecule has 7 nitrogen and oxygen atoms in total. The number of nitrogens with one attached hydrogen (secondary N) is 1. The average molecular weight is 411 g/mol. The van der Waals surface area contributed by atoms with E-state index < -0.39 is 0 Å². The van der Waals surface area contributed by atoms with E-state index in [0.29, 0.717) is 12.1 Å². The van der Waals surface area contributed by atoms with Gasteiger partial charge in [0, 0.05) is 38.8 Å². The molecular weight excluding hydrogens is 376 g/mol. The molecule has 3 unspecified atom stereocenters. The van der Waals surface area contributed by atoms with Gasteiger partial charge in [-0.05, 0) is 76.0 Å². The van der Waals surface area contributed by atoms with Crippen LogP contribution in [0.15, 0.2) is 18.3 Å². The summed E-state index contributed by atoms with van der Waals surface area (Å²) < 4.78 is 7.78. The maximum Gasteiger partial charge on any atom is 0.148 e. The van der Waals surface area contributed by atoms with Crippen molar-refractivity contribution in [2.45, 2.75) is 64.1 Å². The highest BCUT2D eigenvalue weighted by Gasteiger charge is 2.44. The van der Waals surface area contributed by atoms with Crippen LogP contribution in [0.4, 0.5) is 5.82 Å². The van der Waals surface area contributed by atoms with Crippen LogP contribution in [-0.4, -0.2) is 62.3 Å². The van der Waals surface area contributed by atoms with Crippen LogP contribution in [0.2, 0.25) is 0 Å². The number of aromatic nitrogens is 4. The summed E-state index contributed by atoms with van der Waals surface area (Å²) in [5.41, 5.74) is 3.05. The van der Waals surface area contributed by atoms with Crippen molar-refractivity contribution in [2.75, 3.05) is 25.0 Å². The summed E-state index contributed by atoms with van der Waals surface area (Å²) in [6.07, 6.45) is 6.68. The molecule has 0 radical (unpaired) electrons. The van der Waals surface area contributed by atoms with E-state index in [4.69, 9.17) is 4.74 Å². The van der Waals surface area contributed by atoms with Gasteiger partial charge in [0.05, 0.1) is 17.5 Å². The predicted octanol–water partition coefficient (Wildman–Crippen LogP) is 3.27. The molecule has 0 aromatic carbocycles. The summed E-state index contributed by atoms with van der Waals surface area (Å²) in [6, 6.07) is 5.30. The van der Waals surface area contributed by atoms with Crippen LogP contribution in [0.1, 0.15) is 45.1 Å². The van der Waals surface area contributed by atoms with Crippen LogP contribution < -0.4 is 5.32 Å². The fraction of sp³-hybridized carbons (Fsp3) is 0.696. The third kappa shape index (κ3) is 3.85. The molecule has 2 aromatic rings. The van der Waals surface area contributed by atoms with E-state index in [0.717, 1.165) is 47.6 Å². The van der Waals surface area contributed by atoms with Crippen molar-refractivity contribution in [1.29, 1.82) is 0 Å².